The summed E-state index contributed by atoms with van der Waals surface area (Å²) in [5.41, 5.74) is 5.37. The van der Waals surface area contributed by atoms with Crippen molar-refractivity contribution < 1.29 is 12.8 Å². The predicted molar refractivity (Wildman–Crippen MR) is 65.8 cm³/mol. The number of unbranched alkanes of at least 4 members (excludes halogenated alkanes) is 1. The Hall–Kier alpha value is -1.11. The highest BCUT2D eigenvalue weighted by atomic mass is 32.2. The van der Waals surface area contributed by atoms with E-state index in [2.05, 4.69) is 6.58 Å². The van der Waals surface area contributed by atoms with Crippen molar-refractivity contribution in [1.82, 2.24) is 4.31 Å². The molecular weight excluding hydrogens is 240 g/mol. The van der Waals surface area contributed by atoms with Crippen LogP contribution in [0.1, 0.15) is 18.6 Å². The number of hydrogen-bond acceptors (Lipinski definition) is 4. The van der Waals surface area contributed by atoms with Crippen molar-refractivity contribution in [3.63, 3.8) is 0 Å². The van der Waals surface area contributed by atoms with Gasteiger partial charge in [0.1, 0.15) is 5.76 Å². The van der Waals surface area contributed by atoms with E-state index in [0.717, 1.165) is 12.8 Å². The molecule has 0 aliphatic heterocycles. The van der Waals surface area contributed by atoms with Gasteiger partial charge in [-0.1, -0.05) is 6.08 Å². The van der Waals surface area contributed by atoms with E-state index in [-0.39, 0.29) is 11.6 Å². The van der Waals surface area contributed by atoms with Crippen molar-refractivity contribution in [2.45, 2.75) is 24.5 Å². The molecule has 0 saturated carbocycles. The van der Waals surface area contributed by atoms with Crippen LogP contribution in [0, 0.1) is 0 Å². The van der Waals surface area contributed by atoms with Crippen LogP contribution in [0.2, 0.25) is 0 Å². The van der Waals surface area contributed by atoms with Gasteiger partial charge in [-0.25, -0.2) is 8.42 Å². The smallest absolute Gasteiger partial charge is 0.276 e. The third-order valence-corrected chi connectivity index (χ3v) is 4.12. The zero-order valence-electron chi connectivity index (χ0n) is 9.93. The van der Waals surface area contributed by atoms with E-state index in [4.69, 9.17) is 10.2 Å². The quantitative estimate of drug-likeness (QED) is 0.591. The molecular formula is C11H18N2O3S. The first-order valence-electron chi connectivity index (χ1n) is 5.38. The standard InChI is InChI=1S/C11H18N2O3S/c1-3-4-5-8-13(2)17(14,15)11-7-6-10(9-12)16-11/h3,6-7H,1,4-5,8-9,12H2,2H3. The molecule has 0 aliphatic carbocycles. The van der Waals surface area contributed by atoms with Crippen molar-refractivity contribution in [3.05, 3.63) is 30.5 Å². The third kappa shape index (κ3) is 3.42. The Kier molecular flexibility index (Phi) is 4.92. The second kappa shape index (κ2) is 6.00. The molecule has 5 nitrogen and oxygen atoms in total. The van der Waals surface area contributed by atoms with Crippen molar-refractivity contribution >= 4 is 10.0 Å². The van der Waals surface area contributed by atoms with Gasteiger partial charge in [0.15, 0.2) is 0 Å². The maximum atomic E-state index is 12.0. The highest BCUT2D eigenvalue weighted by Crippen LogP contribution is 2.17. The molecule has 1 aromatic heterocycles. The van der Waals surface area contributed by atoms with Crippen molar-refractivity contribution in [3.8, 4) is 0 Å². The number of nitrogens with two attached hydrogens (primary N) is 1. The molecule has 6 heteroatoms. The summed E-state index contributed by atoms with van der Waals surface area (Å²) in [6, 6.07) is 3.01. The molecule has 0 aromatic carbocycles. The Morgan fingerprint density at radius 3 is 2.76 bits per heavy atom. The molecule has 0 saturated heterocycles. The Bertz CT molecular complexity index is 465. The number of allylic oxidation sites excluding steroid dienone is 1. The molecule has 1 rings (SSSR count). The zero-order chi connectivity index (χ0) is 12.9. The van der Waals surface area contributed by atoms with Gasteiger partial charge in [-0.05, 0) is 25.0 Å². The maximum Gasteiger partial charge on any atom is 0.276 e. The van der Waals surface area contributed by atoms with Gasteiger partial charge in [-0.2, -0.15) is 4.31 Å². The molecule has 96 valence electrons. The summed E-state index contributed by atoms with van der Waals surface area (Å²) < 4.78 is 30.5. The number of furan rings is 1. The lowest BCUT2D eigenvalue weighted by Crippen LogP contribution is -2.27. The SMILES string of the molecule is C=CCCCN(C)S(=O)(=O)c1ccc(CN)o1. The summed E-state index contributed by atoms with van der Waals surface area (Å²) in [7, 11) is -2.00. The molecule has 0 spiro atoms. The first kappa shape index (κ1) is 14.0. The summed E-state index contributed by atoms with van der Waals surface area (Å²) in [4.78, 5) is 0. The minimum Gasteiger partial charge on any atom is -0.447 e. The van der Waals surface area contributed by atoms with Gasteiger partial charge in [0.2, 0.25) is 5.09 Å². The molecule has 0 atom stereocenters. The van der Waals surface area contributed by atoms with Gasteiger partial charge in [0.25, 0.3) is 10.0 Å². The highest BCUT2D eigenvalue weighted by molar-refractivity contribution is 7.89. The van der Waals surface area contributed by atoms with E-state index in [9.17, 15) is 8.42 Å². The largest absolute Gasteiger partial charge is 0.447 e. The van der Waals surface area contributed by atoms with Crippen LogP contribution in [0.25, 0.3) is 0 Å². The molecule has 17 heavy (non-hydrogen) atoms. The minimum atomic E-state index is -3.53. The van der Waals surface area contributed by atoms with Gasteiger partial charge in [0, 0.05) is 13.6 Å². The van der Waals surface area contributed by atoms with E-state index < -0.39 is 10.0 Å². The Balaban J connectivity index is 2.76. The van der Waals surface area contributed by atoms with Crippen LogP contribution in [0.4, 0.5) is 0 Å². The molecule has 2 N–H and O–H groups in total. The number of hydrogen-bond donors (Lipinski definition) is 1. The van der Waals surface area contributed by atoms with Gasteiger partial charge in [-0.3, -0.25) is 0 Å². The maximum absolute atomic E-state index is 12.0. The minimum absolute atomic E-state index is 0.0564. The number of nitrogens with zero attached hydrogens (tertiary/aromatic N) is 1. The van der Waals surface area contributed by atoms with Gasteiger partial charge in [0.05, 0.1) is 6.54 Å². The van der Waals surface area contributed by atoms with Crippen LogP contribution < -0.4 is 5.73 Å². The molecule has 1 heterocycles. The van der Waals surface area contributed by atoms with Crippen LogP contribution in [-0.4, -0.2) is 26.3 Å². The lowest BCUT2D eigenvalue weighted by molar-refractivity contribution is 0.387. The summed E-state index contributed by atoms with van der Waals surface area (Å²) in [5.74, 6) is 0.461. The van der Waals surface area contributed by atoms with E-state index in [1.807, 2.05) is 0 Å². The third-order valence-electron chi connectivity index (χ3n) is 2.38. The monoisotopic (exact) mass is 258 g/mol. The lowest BCUT2D eigenvalue weighted by Gasteiger charge is -2.14. The summed E-state index contributed by atoms with van der Waals surface area (Å²) in [5, 5.41) is -0.0564. The van der Waals surface area contributed by atoms with Gasteiger partial charge in [-0.15, -0.1) is 6.58 Å². The second-order valence-corrected chi connectivity index (χ2v) is 5.66. The highest BCUT2D eigenvalue weighted by Gasteiger charge is 2.23. The molecule has 0 amide bonds. The van der Waals surface area contributed by atoms with Crippen LogP contribution >= 0.6 is 0 Å². The van der Waals surface area contributed by atoms with Gasteiger partial charge < -0.3 is 10.2 Å². The van der Waals surface area contributed by atoms with Crippen LogP contribution in [-0.2, 0) is 16.6 Å². The summed E-state index contributed by atoms with van der Waals surface area (Å²) >= 11 is 0. The normalized spacial score (nSPS) is 11.9. The average molecular weight is 258 g/mol. The Morgan fingerprint density at radius 2 is 2.24 bits per heavy atom. The Labute approximate surface area is 102 Å². The lowest BCUT2D eigenvalue weighted by atomic mass is 10.3. The van der Waals surface area contributed by atoms with Crippen molar-refractivity contribution in [2.75, 3.05) is 13.6 Å². The predicted octanol–water partition coefficient (Wildman–Crippen LogP) is 1.33. The fourth-order valence-corrected chi connectivity index (χ4v) is 2.47. The number of sulfonamides is 1. The second-order valence-electron chi connectivity index (χ2n) is 3.68. The topological polar surface area (TPSA) is 76.5 Å². The molecule has 0 unspecified atom stereocenters. The van der Waals surface area contributed by atoms with Crippen molar-refractivity contribution in [2.24, 2.45) is 5.73 Å². The Morgan fingerprint density at radius 1 is 1.53 bits per heavy atom. The summed E-state index contributed by atoms with van der Waals surface area (Å²) in [6.45, 7) is 4.22. The summed E-state index contributed by atoms with van der Waals surface area (Å²) in [6.07, 6.45) is 3.29. The van der Waals surface area contributed by atoms with Crippen LogP contribution in [0.5, 0.6) is 0 Å². The number of rotatable bonds is 7. The van der Waals surface area contributed by atoms with Gasteiger partial charge >= 0.3 is 0 Å². The molecule has 0 bridgehead atoms. The molecule has 0 aliphatic rings. The van der Waals surface area contributed by atoms with E-state index >= 15 is 0 Å². The zero-order valence-corrected chi connectivity index (χ0v) is 10.7. The van der Waals surface area contributed by atoms with E-state index in [0.29, 0.717) is 12.3 Å². The molecule has 0 fully saturated rings. The fourth-order valence-electron chi connectivity index (χ4n) is 1.34. The molecule has 1 aromatic rings. The van der Waals surface area contributed by atoms with Crippen molar-refractivity contribution in [1.29, 1.82) is 0 Å². The molecule has 0 radical (unpaired) electrons. The first-order chi connectivity index (χ1) is 8.02. The van der Waals surface area contributed by atoms with E-state index in [1.54, 1.807) is 12.1 Å². The first-order valence-corrected chi connectivity index (χ1v) is 6.82. The van der Waals surface area contributed by atoms with Crippen LogP contribution in [0.3, 0.4) is 0 Å². The fraction of sp³-hybridized carbons (Fsp3) is 0.455. The van der Waals surface area contributed by atoms with E-state index in [1.165, 1.54) is 17.4 Å². The average Bonchev–Trinajstić information content (AvgIpc) is 2.78. The van der Waals surface area contributed by atoms with Crippen LogP contribution in [0.15, 0.2) is 34.3 Å².